The average molecular weight is 249 g/mol. The normalized spacial score (nSPS) is 28.4. The van der Waals surface area contributed by atoms with Crippen LogP contribution in [0.25, 0.3) is 5.57 Å². The molecular formula is C14H17ClN2. The molecule has 1 aromatic rings. The molecule has 1 aliphatic heterocycles. The van der Waals surface area contributed by atoms with Gasteiger partial charge in [-0.15, -0.1) is 0 Å². The SMILES string of the molecule is Clc1ccc(C2=CCC3CCNCC3C2)cn1. The summed E-state index contributed by atoms with van der Waals surface area (Å²) in [4.78, 5) is 4.17. The Balaban J connectivity index is 1.80. The largest absolute Gasteiger partial charge is 0.316 e. The molecule has 2 nitrogen and oxygen atoms in total. The van der Waals surface area contributed by atoms with Crippen LogP contribution >= 0.6 is 11.6 Å². The first-order valence-corrected chi connectivity index (χ1v) is 6.72. The number of rotatable bonds is 1. The minimum Gasteiger partial charge on any atom is -0.316 e. The van der Waals surface area contributed by atoms with Crippen LogP contribution in [0.2, 0.25) is 5.15 Å². The average Bonchev–Trinajstić information content (AvgIpc) is 2.39. The highest BCUT2D eigenvalue weighted by molar-refractivity contribution is 6.29. The van der Waals surface area contributed by atoms with Crippen LogP contribution in [0, 0.1) is 11.8 Å². The van der Waals surface area contributed by atoms with Crippen molar-refractivity contribution in [2.75, 3.05) is 13.1 Å². The highest BCUT2D eigenvalue weighted by atomic mass is 35.5. The molecule has 1 fully saturated rings. The first-order chi connectivity index (χ1) is 8.33. The number of pyridine rings is 1. The molecule has 0 saturated carbocycles. The van der Waals surface area contributed by atoms with Gasteiger partial charge in [0.2, 0.25) is 0 Å². The van der Waals surface area contributed by atoms with Crippen molar-refractivity contribution in [1.82, 2.24) is 10.3 Å². The van der Waals surface area contributed by atoms with Gasteiger partial charge < -0.3 is 5.32 Å². The molecule has 1 N–H and O–H groups in total. The molecule has 0 bridgehead atoms. The quantitative estimate of drug-likeness (QED) is 0.773. The number of nitrogens with zero attached hydrogens (tertiary/aromatic N) is 1. The summed E-state index contributed by atoms with van der Waals surface area (Å²) >= 11 is 5.82. The molecule has 0 spiro atoms. The van der Waals surface area contributed by atoms with Crippen molar-refractivity contribution >= 4 is 17.2 Å². The summed E-state index contributed by atoms with van der Waals surface area (Å²) in [6.07, 6.45) is 8.03. The topological polar surface area (TPSA) is 24.9 Å². The van der Waals surface area contributed by atoms with Gasteiger partial charge in [0.25, 0.3) is 0 Å². The molecule has 0 amide bonds. The number of piperidine rings is 1. The third-order valence-electron chi connectivity index (χ3n) is 4.01. The van der Waals surface area contributed by atoms with Crippen molar-refractivity contribution in [1.29, 1.82) is 0 Å². The van der Waals surface area contributed by atoms with E-state index in [0.717, 1.165) is 11.8 Å². The minimum absolute atomic E-state index is 0.572. The number of nitrogens with one attached hydrogen (secondary N) is 1. The van der Waals surface area contributed by atoms with Gasteiger partial charge in [-0.1, -0.05) is 23.7 Å². The first-order valence-electron chi connectivity index (χ1n) is 6.34. The smallest absolute Gasteiger partial charge is 0.129 e. The number of hydrogen-bond donors (Lipinski definition) is 1. The predicted octanol–water partition coefficient (Wildman–Crippen LogP) is 3.14. The second kappa shape index (κ2) is 4.79. The Labute approximate surface area is 107 Å². The first kappa shape index (κ1) is 11.2. The lowest BCUT2D eigenvalue weighted by molar-refractivity contribution is 0.252. The van der Waals surface area contributed by atoms with Gasteiger partial charge in [0, 0.05) is 6.20 Å². The van der Waals surface area contributed by atoms with Crippen molar-refractivity contribution in [3.8, 4) is 0 Å². The maximum atomic E-state index is 5.82. The second-order valence-corrected chi connectivity index (χ2v) is 5.44. The fourth-order valence-electron chi connectivity index (χ4n) is 2.99. The van der Waals surface area contributed by atoms with Gasteiger partial charge in [0.1, 0.15) is 5.15 Å². The Morgan fingerprint density at radius 2 is 2.24 bits per heavy atom. The van der Waals surface area contributed by atoms with Crippen LogP contribution in [-0.4, -0.2) is 18.1 Å². The lowest BCUT2D eigenvalue weighted by Gasteiger charge is -2.35. The monoisotopic (exact) mass is 248 g/mol. The molecule has 3 heteroatoms. The highest BCUT2D eigenvalue weighted by Crippen LogP contribution is 2.37. The second-order valence-electron chi connectivity index (χ2n) is 5.05. The molecule has 0 radical (unpaired) electrons. The zero-order chi connectivity index (χ0) is 11.7. The maximum absolute atomic E-state index is 5.82. The van der Waals surface area contributed by atoms with Crippen LogP contribution in [0.15, 0.2) is 24.4 Å². The number of allylic oxidation sites excluding steroid dienone is 2. The van der Waals surface area contributed by atoms with E-state index >= 15 is 0 Å². The van der Waals surface area contributed by atoms with E-state index in [-0.39, 0.29) is 0 Å². The van der Waals surface area contributed by atoms with E-state index < -0.39 is 0 Å². The molecule has 1 saturated heterocycles. The van der Waals surface area contributed by atoms with Crippen molar-refractivity contribution < 1.29 is 0 Å². The van der Waals surface area contributed by atoms with E-state index in [4.69, 9.17) is 11.6 Å². The van der Waals surface area contributed by atoms with E-state index in [1.54, 1.807) is 0 Å². The summed E-state index contributed by atoms with van der Waals surface area (Å²) in [5.74, 6) is 1.69. The molecule has 1 aromatic heterocycles. The van der Waals surface area contributed by atoms with Crippen LogP contribution in [-0.2, 0) is 0 Å². The summed E-state index contributed by atoms with van der Waals surface area (Å²) < 4.78 is 0. The molecule has 3 rings (SSSR count). The van der Waals surface area contributed by atoms with Gasteiger partial charge in [-0.2, -0.15) is 0 Å². The van der Waals surface area contributed by atoms with E-state index in [9.17, 15) is 0 Å². The van der Waals surface area contributed by atoms with E-state index in [0.29, 0.717) is 5.15 Å². The van der Waals surface area contributed by atoms with Gasteiger partial charge in [0.05, 0.1) is 0 Å². The van der Waals surface area contributed by atoms with E-state index in [2.05, 4.69) is 22.4 Å². The van der Waals surface area contributed by atoms with Crippen LogP contribution in [0.5, 0.6) is 0 Å². The maximum Gasteiger partial charge on any atom is 0.129 e. The third-order valence-corrected chi connectivity index (χ3v) is 4.24. The summed E-state index contributed by atoms with van der Waals surface area (Å²) in [5.41, 5.74) is 2.68. The predicted molar refractivity (Wildman–Crippen MR) is 70.9 cm³/mol. The van der Waals surface area contributed by atoms with E-state index in [1.807, 2.05) is 12.3 Å². The molecule has 1 aliphatic carbocycles. The molecule has 2 unspecified atom stereocenters. The van der Waals surface area contributed by atoms with Gasteiger partial charge in [-0.05, 0) is 61.4 Å². The molecule has 2 aliphatic rings. The Morgan fingerprint density at radius 1 is 1.29 bits per heavy atom. The molecule has 90 valence electrons. The summed E-state index contributed by atoms with van der Waals surface area (Å²) in [7, 11) is 0. The molecule has 17 heavy (non-hydrogen) atoms. The Kier molecular flexibility index (Phi) is 3.17. The van der Waals surface area contributed by atoms with Crippen LogP contribution in [0.3, 0.4) is 0 Å². The van der Waals surface area contributed by atoms with Crippen LogP contribution in [0.1, 0.15) is 24.8 Å². The van der Waals surface area contributed by atoms with Crippen molar-refractivity contribution in [2.45, 2.75) is 19.3 Å². The Morgan fingerprint density at radius 3 is 3.06 bits per heavy atom. The number of halogens is 1. The Hall–Kier alpha value is -0.860. The minimum atomic E-state index is 0.572. The summed E-state index contributed by atoms with van der Waals surface area (Å²) in [6.45, 7) is 2.36. The zero-order valence-corrected chi connectivity index (χ0v) is 10.6. The fourth-order valence-corrected chi connectivity index (χ4v) is 3.10. The van der Waals surface area contributed by atoms with Gasteiger partial charge in [0.15, 0.2) is 0 Å². The molecule has 2 atom stereocenters. The van der Waals surface area contributed by atoms with Crippen LogP contribution in [0.4, 0.5) is 0 Å². The van der Waals surface area contributed by atoms with Gasteiger partial charge in [-0.3, -0.25) is 0 Å². The molecular weight excluding hydrogens is 232 g/mol. The van der Waals surface area contributed by atoms with Gasteiger partial charge in [-0.25, -0.2) is 4.98 Å². The Bertz CT molecular complexity index is 424. The number of aromatic nitrogens is 1. The molecule has 0 aromatic carbocycles. The number of fused-ring (bicyclic) bond motifs is 1. The molecule has 2 heterocycles. The van der Waals surface area contributed by atoms with Crippen molar-refractivity contribution in [3.05, 3.63) is 35.1 Å². The standard InChI is InChI=1S/C14H17ClN2/c15-14-4-3-12(9-17-14)11-2-1-10-5-6-16-8-13(10)7-11/h2-4,9-10,13,16H,1,5-8H2. The lowest BCUT2D eigenvalue weighted by atomic mass is 9.75. The third kappa shape index (κ3) is 2.38. The summed E-state index contributed by atoms with van der Waals surface area (Å²) in [5, 5.41) is 4.07. The van der Waals surface area contributed by atoms with Gasteiger partial charge >= 0.3 is 0 Å². The fraction of sp³-hybridized carbons (Fsp3) is 0.500. The summed E-state index contributed by atoms with van der Waals surface area (Å²) in [6, 6.07) is 3.96. The lowest BCUT2D eigenvalue weighted by Crippen LogP contribution is -2.37. The van der Waals surface area contributed by atoms with Crippen molar-refractivity contribution in [3.63, 3.8) is 0 Å². The van der Waals surface area contributed by atoms with Crippen LogP contribution < -0.4 is 5.32 Å². The zero-order valence-electron chi connectivity index (χ0n) is 9.82. The number of hydrogen-bond acceptors (Lipinski definition) is 2. The van der Waals surface area contributed by atoms with Crippen molar-refractivity contribution in [2.24, 2.45) is 11.8 Å². The van der Waals surface area contributed by atoms with E-state index in [1.165, 1.54) is 43.5 Å². The highest BCUT2D eigenvalue weighted by Gasteiger charge is 2.28.